The molecule has 0 aliphatic rings. The van der Waals surface area contributed by atoms with Crippen molar-refractivity contribution in [1.29, 1.82) is 0 Å². The van der Waals surface area contributed by atoms with Gasteiger partial charge in [0.15, 0.2) is 5.65 Å². The first-order chi connectivity index (χ1) is 15.8. The number of carbonyl (C=O) groups excluding carboxylic acids is 2. The van der Waals surface area contributed by atoms with Crippen molar-refractivity contribution in [2.75, 3.05) is 10.6 Å². The second-order valence-corrected chi connectivity index (χ2v) is 7.81. The summed E-state index contributed by atoms with van der Waals surface area (Å²) in [6, 6.07) is 14.7. The Hall–Kier alpha value is -4.27. The molecule has 0 radical (unpaired) electrons. The third-order valence-electron chi connectivity index (χ3n) is 5.19. The molecule has 2 amide bonds. The molecule has 0 aliphatic heterocycles. The van der Waals surface area contributed by atoms with Crippen LogP contribution >= 0.6 is 0 Å². The number of aromatic nitrogens is 4. The molecule has 168 valence electrons. The van der Waals surface area contributed by atoms with Crippen molar-refractivity contribution >= 4 is 34.2 Å². The average Bonchev–Trinajstić information content (AvgIpc) is 3.18. The molecular weight excluding hydrogens is 420 g/mol. The van der Waals surface area contributed by atoms with E-state index in [2.05, 4.69) is 20.7 Å². The quantitative estimate of drug-likeness (QED) is 0.475. The Morgan fingerprint density at radius 3 is 2.39 bits per heavy atom. The molecule has 9 heteroatoms. The van der Waals surface area contributed by atoms with E-state index in [1.807, 2.05) is 31.2 Å². The lowest BCUT2D eigenvalue weighted by Crippen LogP contribution is -2.26. The van der Waals surface area contributed by atoms with Crippen LogP contribution in [0.3, 0.4) is 0 Å². The fraction of sp³-hybridized carbons (Fsp3) is 0.208. The Labute approximate surface area is 190 Å². The van der Waals surface area contributed by atoms with Crippen LogP contribution in [0.5, 0.6) is 0 Å². The molecule has 0 aliphatic carbocycles. The minimum atomic E-state index is -0.253. The number of nitrogens with zero attached hydrogens (tertiary/aromatic N) is 4. The normalized spacial score (nSPS) is 10.9. The number of carbonyl (C=O) groups is 2. The van der Waals surface area contributed by atoms with Gasteiger partial charge in [0.25, 0.3) is 5.56 Å². The molecule has 0 fully saturated rings. The van der Waals surface area contributed by atoms with E-state index in [9.17, 15) is 14.4 Å². The second-order valence-electron chi connectivity index (χ2n) is 7.81. The fourth-order valence-electron chi connectivity index (χ4n) is 3.56. The predicted molar refractivity (Wildman–Crippen MR) is 127 cm³/mol. The summed E-state index contributed by atoms with van der Waals surface area (Å²) in [7, 11) is 0. The predicted octanol–water partition coefficient (Wildman–Crippen LogP) is 3.19. The largest absolute Gasteiger partial charge is 0.326 e. The molecule has 2 aromatic carbocycles. The average molecular weight is 444 g/mol. The molecule has 0 spiro atoms. The lowest BCUT2D eigenvalue weighted by molar-refractivity contribution is -0.116. The topological polar surface area (TPSA) is 111 Å². The highest BCUT2D eigenvalue weighted by atomic mass is 16.2. The van der Waals surface area contributed by atoms with Crippen molar-refractivity contribution in [3.05, 3.63) is 76.5 Å². The van der Waals surface area contributed by atoms with Crippen molar-refractivity contribution in [2.45, 2.75) is 33.7 Å². The Morgan fingerprint density at radius 2 is 1.70 bits per heavy atom. The van der Waals surface area contributed by atoms with E-state index in [0.717, 1.165) is 11.3 Å². The van der Waals surface area contributed by atoms with Crippen LogP contribution in [0, 0.1) is 13.8 Å². The van der Waals surface area contributed by atoms with E-state index >= 15 is 0 Å². The van der Waals surface area contributed by atoms with E-state index in [1.54, 1.807) is 35.9 Å². The number of hydrogen-bond acceptors (Lipinski definition) is 5. The molecule has 2 N–H and O–H groups in total. The number of nitrogens with one attached hydrogen (secondary N) is 2. The summed E-state index contributed by atoms with van der Waals surface area (Å²) < 4.78 is 3.12. The van der Waals surface area contributed by atoms with Crippen LogP contribution in [-0.2, 0) is 16.1 Å². The summed E-state index contributed by atoms with van der Waals surface area (Å²) in [4.78, 5) is 41.3. The van der Waals surface area contributed by atoms with E-state index in [1.165, 1.54) is 17.7 Å². The standard InChI is InChI=1S/C24H24N6O3/c1-15-7-9-20(10-8-15)30-23-21(14-25-30)24(33)29(16(2)26-23)12-11-22(32)28-19-6-4-5-18(13-19)27-17(3)31/h4-10,13-14H,11-12H2,1-3H3,(H,27,31)(H,28,32). The Kier molecular flexibility index (Phi) is 6.03. The number of aryl methyl sites for hydroxylation is 2. The molecule has 4 aromatic rings. The third kappa shape index (κ3) is 4.82. The van der Waals surface area contributed by atoms with Gasteiger partial charge in [0.05, 0.1) is 11.9 Å². The first-order valence-electron chi connectivity index (χ1n) is 10.5. The highest BCUT2D eigenvalue weighted by molar-refractivity contribution is 5.93. The highest BCUT2D eigenvalue weighted by Gasteiger charge is 2.15. The third-order valence-corrected chi connectivity index (χ3v) is 5.19. The zero-order valence-electron chi connectivity index (χ0n) is 18.6. The molecule has 2 heterocycles. The lowest BCUT2D eigenvalue weighted by atomic mass is 10.2. The van der Waals surface area contributed by atoms with Gasteiger partial charge in [-0.1, -0.05) is 23.8 Å². The first kappa shape index (κ1) is 21.9. The molecule has 4 rings (SSSR count). The van der Waals surface area contributed by atoms with E-state index in [0.29, 0.717) is 28.2 Å². The molecule has 0 saturated carbocycles. The summed E-state index contributed by atoms with van der Waals surface area (Å²) in [5, 5.41) is 10.2. The van der Waals surface area contributed by atoms with Crippen LogP contribution in [0.1, 0.15) is 24.7 Å². The van der Waals surface area contributed by atoms with Crippen LogP contribution in [0.2, 0.25) is 0 Å². The van der Waals surface area contributed by atoms with Crippen LogP contribution in [0.4, 0.5) is 11.4 Å². The van der Waals surface area contributed by atoms with Gasteiger partial charge in [0.1, 0.15) is 11.2 Å². The van der Waals surface area contributed by atoms with Gasteiger partial charge in [-0.3, -0.25) is 19.0 Å². The molecule has 0 unspecified atom stereocenters. The maximum Gasteiger partial charge on any atom is 0.264 e. The minimum absolute atomic E-state index is 0.0877. The SMILES string of the molecule is CC(=O)Nc1cccc(NC(=O)CCn2c(C)nc3c(cnn3-c3ccc(C)cc3)c2=O)c1. The van der Waals surface area contributed by atoms with E-state index in [-0.39, 0.29) is 30.3 Å². The van der Waals surface area contributed by atoms with Gasteiger partial charge in [0, 0.05) is 31.3 Å². The number of benzene rings is 2. The fourth-order valence-corrected chi connectivity index (χ4v) is 3.56. The molecular formula is C24H24N6O3. The number of amides is 2. The zero-order valence-corrected chi connectivity index (χ0v) is 18.6. The van der Waals surface area contributed by atoms with Gasteiger partial charge in [-0.2, -0.15) is 5.10 Å². The van der Waals surface area contributed by atoms with Gasteiger partial charge in [0.2, 0.25) is 11.8 Å². The van der Waals surface area contributed by atoms with Crippen molar-refractivity contribution in [2.24, 2.45) is 0 Å². The molecule has 0 saturated heterocycles. The number of anilines is 2. The van der Waals surface area contributed by atoms with Crippen molar-refractivity contribution < 1.29 is 9.59 Å². The van der Waals surface area contributed by atoms with Gasteiger partial charge < -0.3 is 10.6 Å². The summed E-state index contributed by atoms with van der Waals surface area (Å²) in [6.45, 7) is 5.34. The lowest BCUT2D eigenvalue weighted by Gasteiger charge is -2.11. The Balaban J connectivity index is 1.51. The zero-order chi connectivity index (χ0) is 23.5. The van der Waals surface area contributed by atoms with Gasteiger partial charge in [-0.05, 0) is 44.2 Å². The summed E-state index contributed by atoms with van der Waals surface area (Å²) >= 11 is 0. The van der Waals surface area contributed by atoms with Crippen LogP contribution < -0.4 is 16.2 Å². The van der Waals surface area contributed by atoms with Crippen molar-refractivity contribution in [3.8, 4) is 5.69 Å². The van der Waals surface area contributed by atoms with Crippen molar-refractivity contribution in [3.63, 3.8) is 0 Å². The Morgan fingerprint density at radius 1 is 1.00 bits per heavy atom. The van der Waals surface area contributed by atoms with Gasteiger partial charge in [-0.25, -0.2) is 9.67 Å². The van der Waals surface area contributed by atoms with Gasteiger partial charge in [-0.15, -0.1) is 0 Å². The molecule has 2 aromatic heterocycles. The molecule has 9 nitrogen and oxygen atoms in total. The Bertz CT molecular complexity index is 1400. The first-order valence-corrected chi connectivity index (χ1v) is 10.5. The van der Waals surface area contributed by atoms with Crippen LogP contribution in [0.15, 0.2) is 59.5 Å². The monoisotopic (exact) mass is 444 g/mol. The van der Waals surface area contributed by atoms with Gasteiger partial charge >= 0.3 is 0 Å². The maximum atomic E-state index is 13.1. The summed E-state index contributed by atoms with van der Waals surface area (Å²) in [5.74, 6) is 0.0560. The van der Waals surface area contributed by atoms with Crippen LogP contribution in [-0.4, -0.2) is 31.1 Å². The van der Waals surface area contributed by atoms with E-state index < -0.39 is 0 Å². The highest BCUT2D eigenvalue weighted by Crippen LogP contribution is 2.17. The minimum Gasteiger partial charge on any atom is -0.326 e. The smallest absolute Gasteiger partial charge is 0.264 e. The second kappa shape index (κ2) is 9.07. The molecule has 0 bridgehead atoms. The summed E-state index contributed by atoms with van der Waals surface area (Å²) in [5.41, 5.74) is 3.34. The molecule has 33 heavy (non-hydrogen) atoms. The number of hydrogen-bond donors (Lipinski definition) is 2. The van der Waals surface area contributed by atoms with Crippen LogP contribution in [0.25, 0.3) is 16.7 Å². The number of fused-ring (bicyclic) bond motifs is 1. The molecule has 0 atom stereocenters. The number of rotatable bonds is 6. The summed E-state index contributed by atoms with van der Waals surface area (Å²) in [6.07, 6.45) is 1.60. The van der Waals surface area contributed by atoms with E-state index in [4.69, 9.17) is 0 Å². The van der Waals surface area contributed by atoms with Crippen molar-refractivity contribution in [1.82, 2.24) is 19.3 Å². The maximum absolute atomic E-state index is 13.1.